The highest BCUT2D eigenvalue weighted by atomic mass is 19.1. The molecule has 1 aromatic carbocycles. The standard InChI is InChI=1S/C19H30FN3O/c1-9-16(23(21-7)17(24)18(2,3)4)19(5,6)22(8)15-12-10-14(20)11-13-15/h9-13,21H,1-8H3/b16-9+. The molecule has 134 valence electrons. The lowest BCUT2D eigenvalue weighted by Crippen LogP contribution is -2.55. The second-order valence-electron chi connectivity index (χ2n) is 7.38. The van der Waals surface area contributed by atoms with Gasteiger partial charge in [-0.15, -0.1) is 0 Å². The first kappa shape index (κ1) is 20.2. The molecule has 24 heavy (non-hydrogen) atoms. The number of anilines is 1. The van der Waals surface area contributed by atoms with Gasteiger partial charge in [-0.3, -0.25) is 4.79 Å². The molecular formula is C19H30FN3O. The van der Waals surface area contributed by atoms with Gasteiger partial charge in [0.05, 0.1) is 11.2 Å². The molecule has 4 nitrogen and oxygen atoms in total. The molecule has 1 aromatic rings. The number of nitrogens with one attached hydrogen (secondary N) is 1. The number of nitrogens with zero attached hydrogens (tertiary/aromatic N) is 2. The van der Waals surface area contributed by atoms with Gasteiger partial charge in [0.15, 0.2) is 0 Å². The van der Waals surface area contributed by atoms with Crippen LogP contribution in [0, 0.1) is 11.2 Å². The summed E-state index contributed by atoms with van der Waals surface area (Å²) >= 11 is 0. The summed E-state index contributed by atoms with van der Waals surface area (Å²) in [5.74, 6) is -0.283. The lowest BCUT2D eigenvalue weighted by Gasteiger charge is -2.44. The molecule has 0 saturated heterocycles. The van der Waals surface area contributed by atoms with Crippen LogP contribution in [0.2, 0.25) is 0 Å². The van der Waals surface area contributed by atoms with Crippen molar-refractivity contribution in [3.05, 3.63) is 41.9 Å². The molecule has 0 spiro atoms. The summed E-state index contributed by atoms with van der Waals surface area (Å²) in [6.07, 6.45) is 1.93. The lowest BCUT2D eigenvalue weighted by molar-refractivity contribution is -0.140. The highest BCUT2D eigenvalue weighted by molar-refractivity contribution is 5.83. The van der Waals surface area contributed by atoms with E-state index in [-0.39, 0.29) is 11.7 Å². The van der Waals surface area contributed by atoms with Crippen LogP contribution in [-0.2, 0) is 4.79 Å². The molecule has 0 fully saturated rings. The first-order chi connectivity index (χ1) is 11.0. The second-order valence-corrected chi connectivity index (χ2v) is 7.38. The van der Waals surface area contributed by atoms with Crippen LogP contribution in [-0.4, -0.2) is 30.6 Å². The highest BCUT2D eigenvalue weighted by Crippen LogP contribution is 2.32. The van der Waals surface area contributed by atoms with Gasteiger partial charge in [0.2, 0.25) is 5.91 Å². The number of hydrazine groups is 1. The van der Waals surface area contributed by atoms with Crippen LogP contribution in [0.15, 0.2) is 36.0 Å². The Bertz CT molecular complexity index is 600. The quantitative estimate of drug-likeness (QED) is 0.828. The minimum Gasteiger partial charge on any atom is -0.364 e. The maximum Gasteiger partial charge on any atom is 0.246 e. The largest absolute Gasteiger partial charge is 0.364 e. The van der Waals surface area contributed by atoms with Gasteiger partial charge in [-0.2, -0.15) is 0 Å². The summed E-state index contributed by atoms with van der Waals surface area (Å²) in [4.78, 5) is 14.8. The van der Waals surface area contributed by atoms with Gasteiger partial charge in [0.1, 0.15) is 5.82 Å². The van der Waals surface area contributed by atoms with E-state index in [4.69, 9.17) is 0 Å². The van der Waals surface area contributed by atoms with E-state index in [9.17, 15) is 9.18 Å². The van der Waals surface area contributed by atoms with Gasteiger partial charge in [-0.25, -0.2) is 14.8 Å². The van der Waals surface area contributed by atoms with Crippen LogP contribution < -0.4 is 10.3 Å². The van der Waals surface area contributed by atoms with Crippen LogP contribution >= 0.6 is 0 Å². The minimum absolute atomic E-state index is 0.0151. The predicted octanol–water partition coefficient (Wildman–Crippen LogP) is 3.95. The van der Waals surface area contributed by atoms with Crippen LogP contribution in [0.5, 0.6) is 0 Å². The summed E-state index contributed by atoms with van der Waals surface area (Å²) in [5.41, 5.74) is 3.71. The van der Waals surface area contributed by atoms with Crippen molar-refractivity contribution in [1.29, 1.82) is 0 Å². The fraction of sp³-hybridized carbons (Fsp3) is 0.526. The minimum atomic E-state index is -0.512. The van der Waals surface area contributed by atoms with E-state index in [1.54, 1.807) is 24.2 Å². The molecule has 5 heteroatoms. The summed E-state index contributed by atoms with van der Waals surface area (Å²) in [6, 6.07) is 6.35. The Morgan fingerprint density at radius 2 is 1.62 bits per heavy atom. The number of likely N-dealkylation sites (N-methyl/N-ethyl adjacent to an activating group) is 1. The Morgan fingerprint density at radius 1 is 1.12 bits per heavy atom. The highest BCUT2D eigenvalue weighted by Gasteiger charge is 2.37. The Labute approximate surface area is 145 Å². The fourth-order valence-corrected chi connectivity index (χ4v) is 2.58. The van der Waals surface area contributed by atoms with Crippen LogP contribution in [0.4, 0.5) is 10.1 Å². The van der Waals surface area contributed by atoms with E-state index >= 15 is 0 Å². The monoisotopic (exact) mass is 335 g/mol. The molecule has 1 rings (SSSR count). The Kier molecular flexibility index (Phi) is 6.17. The molecule has 0 aliphatic carbocycles. The van der Waals surface area contributed by atoms with Crippen LogP contribution in [0.3, 0.4) is 0 Å². The zero-order valence-electron chi connectivity index (χ0n) is 16.1. The second kappa shape index (κ2) is 7.34. The number of carbonyl (C=O) groups is 1. The van der Waals surface area contributed by atoms with Crippen molar-refractivity contribution in [2.75, 3.05) is 19.0 Å². The first-order valence-corrected chi connectivity index (χ1v) is 8.15. The molecule has 0 bridgehead atoms. The molecule has 0 aromatic heterocycles. The summed E-state index contributed by atoms with van der Waals surface area (Å²) < 4.78 is 13.2. The van der Waals surface area contributed by atoms with E-state index < -0.39 is 11.0 Å². The van der Waals surface area contributed by atoms with Gasteiger partial charge in [-0.1, -0.05) is 26.8 Å². The van der Waals surface area contributed by atoms with Gasteiger partial charge in [0.25, 0.3) is 0 Å². The fourth-order valence-electron chi connectivity index (χ4n) is 2.58. The van der Waals surface area contributed by atoms with Crippen LogP contribution in [0.1, 0.15) is 41.5 Å². The number of hydrogen-bond donors (Lipinski definition) is 1. The lowest BCUT2D eigenvalue weighted by atomic mass is 9.91. The summed E-state index contributed by atoms with van der Waals surface area (Å²) in [5, 5.41) is 1.60. The van der Waals surface area contributed by atoms with E-state index in [1.807, 2.05) is 59.6 Å². The average Bonchev–Trinajstić information content (AvgIpc) is 2.50. The van der Waals surface area contributed by atoms with Crippen molar-refractivity contribution in [2.24, 2.45) is 5.41 Å². The van der Waals surface area contributed by atoms with Crippen molar-refractivity contribution in [3.63, 3.8) is 0 Å². The normalized spacial score (nSPS) is 13.0. The molecule has 0 heterocycles. The number of halogens is 1. The van der Waals surface area contributed by atoms with Crippen molar-refractivity contribution in [2.45, 2.75) is 47.1 Å². The Morgan fingerprint density at radius 3 is 2.00 bits per heavy atom. The molecule has 0 aliphatic heterocycles. The zero-order valence-corrected chi connectivity index (χ0v) is 16.1. The molecular weight excluding hydrogens is 305 g/mol. The predicted molar refractivity (Wildman–Crippen MR) is 98.0 cm³/mol. The third-order valence-electron chi connectivity index (χ3n) is 4.26. The third-order valence-corrected chi connectivity index (χ3v) is 4.26. The number of hydrogen-bond acceptors (Lipinski definition) is 3. The number of allylic oxidation sites excluding steroid dienone is 1. The SMILES string of the molecule is C/C=C(/N(NC)C(=O)C(C)(C)C)C(C)(C)N(C)c1ccc(F)cc1. The van der Waals surface area contributed by atoms with Crippen molar-refractivity contribution in [3.8, 4) is 0 Å². The van der Waals surface area contributed by atoms with Crippen molar-refractivity contribution < 1.29 is 9.18 Å². The number of rotatable bonds is 5. The number of amides is 1. The van der Waals surface area contributed by atoms with Gasteiger partial charge < -0.3 is 4.90 Å². The smallest absolute Gasteiger partial charge is 0.246 e. The van der Waals surface area contributed by atoms with Gasteiger partial charge >= 0.3 is 0 Å². The first-order valence-electron chi connectivity index (χ1n) is 8.15. The van der Waals surface area contributed by atoms with E-state index in [0.717, 1.165) is 11.4 Å². The third kappa shape index (κ3) is 4.15. The van der Waals surface area contributed by atoms with Crippen molar-refractivity contribution >= 4 is 11.6 Å². The van der Waals surface area contributed by atoms with E-state index in [2.05, 4.69) is 5.43 Å². The molecule has 0 saturated carbocycles. The zero-order chi connectivity index (χ0) is 18.7. The number of benzene rings is 1. The number of carbonyl (C=O) groups excluding carboxylic acids is 1. The molecule has 0 radical (unpaired) electrons. The van der Waals surface area contributed by atoms with Crippen LogP contribution in [0.25, 0.3) is 0 Å². The average molecular weight is 335 g/mol. The molecule has 1 amide bonds. The molecule has 0 unspecified atom stereocenters. The Balaban J connectivity index is 3.25. The molecule has 0 aliphatic rings. The summed E-state index contributed by atoms with van der Waals surface area (Å²) in [7, 11) is 3.67. The van der Waals surface area contributed by atoms with Gasteiger partial charge in [-0.05, 0) is 45.0 Å². The van der Waals surface area contributed by atoms with Gasteiger partial charge in [0, 0.05) is 25.2 Å². The topological polar surface area (TPSA) is 35.6 Å². The molecule has 0 atom stereocenters. The van der Waals surface area contributed by atoms with E-state index in [1.165, 1.54) is 12.1 Å². The van der Waals surface area contributed by atoms with E-state index in [0.29, 0.717) is 0 Å². The Hall–Kier alpha value is -1.88. The maximum absolute atomic E-state index is 13.2. The molecule has 1 N–H and O–H groups in total. The van der Waals surface area contributed by atoms with Crippen molar-refractivity contribution in [1.82, 2.24) is 10.4 Å². The maximum atomic E-state index is 13.2. The summed E-state index contributed by atoms with van der Waals surface area (Å²) in [6.45, 7) is 11.7.